The highest BCUT2D eigenvalue weighted by Crippen LogP contribution is 2.22. The highest BCUT2D eigenvalue weighted by Gasteiger charge is 2.12. The van der Waals surface area contributed by atoms with Gasteiger partial charge in [0.15, 0.2) is 5.78 Å². The molecular weight excluding hydrogens is 316 g/mol. The minimum atomic E-state index is -0.416. The van der Waals surface area contributed by atoms with Crippen molar-refractivity contribution in [3.63, 3.8) is 0 Å². The molecule has 0 saturated carbocycles. The molecular formula is C21H18O4. The Balaban J connectivity index is 1.79. The van der Waals surface area contributed by atoms with Crippen LogP contribution in [0.1, 0.15) is 33.2 Å². The number of hydrogen-bond donors (Lipinski definition) is 0. The second-order valence-corrected chi connectivity index (χ2v) is 5.72. The molecule has 0 fully saturated rings. The summed E-state index contributed by atoms with van der Waals surface area (Å²) in [6.45, 7) is 1.53. The Morgan fingerprint density at radius 2 is 1.60 bits per heavy atom. The zero-order valence-electron chi connectivity index (χ0n) is 14.1. The van der Waals surface area contributed by atoms with Crippen LogP contribution in [0.3, 0.4) is 0 Å². The second kappa shape index (κ2) is 7.18. The zero-order chi connectivity index (χ0) is 17.8. The predicted octanol–water partition coefficient (Wildman–Crippen LogP) is 4.41. The number of rotatable bonds is 5. The van der Waals surface area contributed by atoms with Crippen LogP contribution in [0.5, 0.6) is 5.75 Å². The number of hydrogen-bond acceptors (Lipinski definition) is 4. The van der Waals surface area contributed by atoms with E-state index in [0.717, 1.165) is 10.8 Å². The maximum Gasteiger partial charge on any atom is 0.338 e. The van der Waals surface area contributed by atoms with Crippen LogP contribution in [-0.2, 0) is 11.3 Å². The molecule has 0 heterocycles. The van der Waals surface area contributed by atoms with Crippen LogP contribution in [0.15, 0.2) is 60.7 Å². The van der Waals surface area contributed by atoms with Crippen LogP contribution >= 0.6 is 0 Å². The highest BCUT2D eigenvalue weighted by molar-refractivity contribution is 5.96. The Morgan fingerprint density at radius 1 is 0.880 bits per heavy atom. The molecule has 0 aromatic heterocycles. The quantitative estimate of drug-likeness (QED) is 0.512. The fourth-order valence-electron chi connectivity index (χ4n) is 2.65. The first kappa shape index (κ1) is 16.7. The molecule has 0 amide bonds. The van der Waals surface area contributed by atoms with Gasteiger partial charge < -0.3 is 9.47 Å². The molecule has 3 rings (SSSR count). The zero-order valence-corrected chi connectivity index (χ0v) is 14.1. The molecule has 0 unspecified atom stereocenters. The van der Waals surface area contributed by atoms with Crippen molar-refractivity contribution in [1.82, 2.24) is 0 Å². The monoisotopic (exact) mass is 334 g/mol. The molecule has 4 heteroatoms. The summed E-state index contributed by atoms with van der Waals surface area (Å²) in [5.74, 6) is 0.113. The molecule has 0 radical (unpaired) electrons. The topological polar surface area (TPSA) is 52.6 Å². The minimum absolute atomic E-state index is 0.0377. The van der Waals surface area contributed by atoms with Crippen molar-refractivity contribution < 1.29 is 19.1 Å². The molecule has 4 nitrogen and oxygen atoms in total. The summed E-state index contributed by atoms with van der Waals surface area (Å²) in [5.41, 5.74) is 1.70. The Kier molecular flexibility index (Phi) is 4.80. The van der Waals surface area contributed by atoms with Gasteiger partial charge in [0.05, 0.1) is 12.7 Å². The number of Topliss-reactive ketones (excluding diaryl/α,β-unsaturated/α-hetero) is 1. The highest BCUT2D eigenvalue weighted by atomic mass is 16.5. The van der Waals surface area contributed by atoms with Crippen molar-refractivity contribution in [2.75, 3.05) is 7.11 Å². The first-order chi connectivity index (χ1) is 12.1. The Morgan fingerprint density at radius 3 is 2.32 bits per heavy atom. The molecule has 0 aliphatic heterocycles. The normalized spacial score (nSPS) is 10.5. The van der Waals surface area contributed by atoms with Gasteiger partial charge in [-0.15, -0.1) is 0 Å². The lowest BCUT2D eigenvalue weighted by atomic mass is 10.1. The third-order valence-corrected chi connectivity index (χ3v) is 4.03. The van der Waals surface area contributed by atoms with Gasteiger partial charge in [0.1, 0.15) is 12.4 Å². The average Bonchev–Trinajstić information content (AvgIpc) is 2.65. The van der Waals surface area contributed by atoms with Gasteiger partial charge in [-0.2, -0.15) is 0 Å². The second-order valence-electron chi connectivity index (χ2n) is 5.72. The van der Waals surface area contributed by atoms with Crippen LogP contribution in [0.2, 0.25) is 0 Å². The Hall–Kier alpha value is -3.14. The lowest BCUT2D eigenvalue weighted by molar-refractivity contribution is 0.0470. The molecule has 0 aliphatic rings. The summed E-state index contributed by atoms with van der Waals surface area (Å²) in [7, 11) is 1.54. The SMILES string of the molecule is COc1ccc(C(C)=O)cc1COC(=O)c1ccc2ccccc2c1. The maximum atomic E-state index is 12.4. The Labute approximate surface area is 146 Å². The van der Waals surface area contributed by atoms with Gasteiger partial charge in [-0.3, -0.25) is 4.79 Å². The molecule has 0 aliphatic carbocycles. The van der Waals surface area contributed by atoms with Crippen LogP contribution < -0.4 is 4.74 Å². The van der Waals surface area contributed by atoms with Gasteiger partial charge in [-0.1, -0.05) is 30.3 Å². The summed E-state index contributed by atoms with van der Waals surface area (Å²) >= 11 is 0. The molecule has 0 spiro atoms. The van der Waals surface area contributed by atoms with E-state index in [-0.39, 0.29) is 12.4 Å². The Bertz CT molecular complexity index is 944. The van der Waals surface area contributed by atoms with Crippen molar-refractivity contribution in [3.05, 3.63) is 77.4 Å². The number of ether oxygens (including phenoxy) is 2. The molecule has 126 valence electrons. The number of esters is 1. The van der Waals surface area contributed by atoms with E-state index in [0.29, 0.717) is 22.4 Å². The molecule has 25 heavy (non-hydrogen) atoms. The lowest BCUT2D eigenvalue weighted by Gasteiger charge is -2.11. The standard InChI is InChI=1S/C21H18O4/c1-14(22)16-9-10-20(24-2)19(11-16)13-25-21(23)18-8-7-15-5-3-4-6-17(15)12-18/h3-12H,13H2,1-2H3. The van der Waals surface area contributed by atoms with Crippen LogP contribution in [0.4, 0.5) is 0 Å². The molecule has 0 saturated heterocycles. The maximum absolute atomic E-state index is 12.4. The van der Waals surface area contributed by atoms with E-state index in [1.165, 1.54) is 14.0 Å². The van der Waals surface area contributed by atoms with Crippen LogP contribution in [0.25, 0.3) is 10.8 Å². The van der Waals surface area contributed by atoms with E-state index in [2.05, 4.69) is 0 Å². The minimum Gasteiger partial charge on any atom is -0.496 e. The number of carbonyl (C=O) groups excluding carboxylic acids is 2. The first-order valence-electron chi connectivity index (χ1n) is 7.92. The molecule has 0 N–H and O–H groups in total. The van der Waals surface area contributed by atoms with E-state index in [1.807, 2.05) is 30.3 Å². The van der Waals surface area contributed by atoms with E-state index < -0.39 is 5.97 Å². The van der Waals surface area contributed by atoms with Crippen molar-refractivity contribution in [2.45, 2.75) is 13.5 Å². The summed E-state index contributed by atoms with van der Waals surface area (Å²) in [6, 6.07) is 18.3. The summed E-state index contributed by atoms with van der Waals surface area (Å²) in [6.07, 6.45) is 0. The van der Waals surface area contributed by atoms with Crippen LogP contribution in [-0.4, -0.2) is 18.9 Å². The summed E-state index contributed by atoms with van der Waals surface area (Å²) in [5, 5.41) is 2.04. The van der Waals surface area contributed by atoms with Crippen molar-refractivity contribution >= 4 is 22.5 Å². The number of ketones is 1. The fourth-order valence-corrected chi connectivity index (χ4v) is 2.65. The number of fused-ring (bicyclic) bond motifs is 1. The van der Waals surface area contributed by atoms with Crippen LogP contribution in [0, 0.1) is 0 Å². The van der Waals surface area contributed by atoms with Gasteiger partial charge in [0, 0.05) is 11.1 Å². The van der Waals surface area contributed by atoms with E-state index >= 15 is 0 Å². The fraction of sp³-hybridized carbons (Fsp3) is 0.143. The average molecular weight is 334 g/mol. The van der Waals surface area contributed by atoms with Crippen molar-refractivity contribution in [1.29, 1.82) is 0 Å². The van der Waals surface area contributed by atoms with Crippen molar-refractivity contribution in [3.8, 4) is 5.75 Å². The third kappa shape index (κ3) is 3.69. The van der Waals surface area contributed by atoms with Gasteiger partial charge in [-0.25, -0.2) is 4.79 Å². The van der Waals surface area contributed by atoms with Crippen molar-refractivity contribution in [2.24, 2.45) is 0 Å². The largest absolute Gasteiger partial charge is 0.496 e. The third-order valence-electron chi connectivity index (χ3n) is 4.03. The lowest BCUT2D eigenvalue weighted by Crippen LogP contribution is -2.07. The first-order valence-corrected chi connectivity index (χ1v) is 7.92. The van der Waals surface area contributed by atoms with E-state index in [1.54, 1.807) is 30.3 Å². The number of carbonyl (C=O) groups is 2. The molecule has 0 atom stereocenters. The molecule has 3 aromatic carbocycles. The molecule has 3 aromatic rings. The summed E-state index contributed by atoms with van der Waals surface area (Å²) in [4.78, 5) is 23.9. The number of benzene rings is 3. The summed E-state index contributed by atoms with van der Waals surface area (Å²) < 4.78 is 10.7. The smallest absolute Gasteiger partial charge is 0.338 e. The number of methoxy groups -OCH3 is 1. The van der Waals surface area contributed by atoms with E-state index in [4.69, 9.17) is 9.47 Å². The van der Waals surface area contributed by atoms with Gasteiger partial charge in [0.2, 0.25) is 0 Å². The van der Waals surface area contributed by atoms with E-state index in [9.17, 15) is 9.59 Å². The van der Waals surface area contributed by atoms with Gasteiger partial charge >= 0.3 is 5.97 Å². The van der Waals surface area contributed by atoms with Gasteiger partial charge in [0.25, 0.3) is 0 Å². The molecule has 0 bridgehead atoms. The van der Waals surface area contributed by atoms with Gasteiger partial charge in [-0.05, 0) is 48.0 Å². The predicted molar refractivity (Wildman–Crippen MR) is 96.1 cm³/mol.